The van der Waals surface area contributed by atoms with Crippen LogP contribution in [0.3, 0.4) is 0 Å². The van der Waals surface area contributed by atoms with Gasteiger partial charge in [0.1, 0.15) is 0 Å². The average Bonchev–Trinajstić information content (AvgIpc) is 1.65. The van der Waals surface area contributed by atoms with Gasteiger partial charge in [-0.05, 0) is 0 Å². The van der Waals surface area contributed by atoms with Crippen LogP contribution in [0.25, 0.3) is 0 Å². The number of rotatable bonds is 1. The summed E-state index contributed by atoms with van der Waals surface area (Å²) in [6, 6.07) is 0. The standard InChI is InChI=1S/C4H6O2.2Na.2H/c1-3-4(5)6-2;;;;/h3H,1H2,2H3;;;;/q;2*+1;2*-1. The molecule has 2 nitrogen and oxygen atoms in total. The topological polar surface area (TPSA) is 26.3 Å². The van der Waals surface area contributed by atoms with Gasteiger partial charge in [0.2, 0.25) is 0 Å². The van der Waals surface area contributed by atoms with Crippen LogP contribution >= 0.6 is 0 Å². The molecule has 0 aromatic rings. The van der Waals surface area contributed by atoms with Gasteiger partial charge < -0.3 is 7.59 Å². The number of hydrogen-bond donors (Lipinski definition) is 0. The molecule has 0 heterocycles. The summed E-state index contributed by atoms with van der Waals surface area (Å²) in [5.74, 6) is -0.394. The molecule has 0 N–H and O–H groups in total. The number of carbonyl (C=O) groups excluding carboxylic acids is 1. The minimum absolute atomic E-state index is 0. The Balaban J connectivity index is -0.0000000208. The number of hydrogen-bond acceptors (Lipinski definition) is 2. The van der Waals surface area contributed by atoms with E-state index in [9.17, 15) is 4.79 Å². The molecular weight excluding hydrogens is 126 g/mol. The van der Waals surface area contributed by atoms with Gasteiger partial charge in [-0.15, -0.1) is 0 Å². The summed E-state index contributed by atoms with van der Waals surface area (Å²) in [6.45, 7) is 3.16. The van der Waals surface area contributed by atoms with Crippen molar-refractivity contribution >= 4 is 5.97 Å². The second-order valence-electron chi connectivity index (χ2n) is 0.727. The summed E-state index contributed by atoms with van der Waals surface area (Å²) in [4.78, 5) is 9.84. The van der Waals surface area contributed by atoms with E-state index in [2.05, 4.69) is 11.3 Å². The third kappa shape index (κ3) is 10.2. The fourth-order valence-electron chi connectivity index (χ4n) is 0.0833. The van der Waals surface area contributed by atoms with Crippen LogP contribution in [0.15, 0.2) is 12.7 Å². The van der Waals surface area contributed by atoms with Gasteiger partial charge in [0, 0.05) is 6.08 Å². The molecule has 8 heavy (non-hydrogen) atoms. The van der Waals surface area contributed by atoms with Gasteiger partial charge in [0.15, 0.2) is 0 Å². The van der Waals surface area contributed by atoms with Crippen LogP contribution in [0.5, 0.6) is 0 Å². The first-order valence-electron chi connectivity index (χ1n) is 1.51. The molecule has 0 saturated heterocycles. The second-order valence-corrected chi connectivity index (χ2v) is 0.727. The predicted molar refractivity (Wildman–Crippen MR) is 24.4 cm³/mol. The Morgan fingerprint density at radius 3 is 2.12 bits per heavy atom. The van der Waals surface area contributed by atoms with Crippen LogP contribution in [-0.4, -0.2) is 13.1 Å². The van der Waals surface area contributed by atoms with E-state index < -0.39 is 5.97 Å². The third-order valence-corrected chi connectivity index (χ3v) is 0.368. The Morgan fingerprint density at radius 2 is 2.12 bits per heavy atom. The summed E-state index contributed by atoms with van der Waals surface area (Å²) in [6.07, 6.45) is 1.11. The summed E-state index contributed by atoms with van der Waals surface area (Å²) in [5, 5.41) is 0. The van der Waals surface area contributed by atoms with Crippen molar-refractivity contribution in [2.45, 2.75) is 0 Å². The maximum atomic E-state index is 9.84. The van der Waals surface area contributed by atoms with E-state index in [1.165, 1.54) is 7.11 Å². The molecule has 0 aliphatic rings. The Labute approximate surface area is 96.2 Å². The predicted octanol–water partition coefficient (Wildman–Crippen LogP) is -5.42. The minimum Gasteiger partial charge on any atom is -1.00 e. The Bertz CT molecular complexity index is 79.7. The molecule has 0 saturated carbocycles. The van der Waals surface area contributed by atoms with Crippen molar-refractivity contribution in [2.24, 2.45) is 0 Å². The van der Waals surface area contributed by atoms with Crippen molar-refractivity contribution in [3.05, 3.63) is 12.7 Å². The van der Waals surface area contributed by atoms with Gasteiger partial charge in [0.05, 0.1) is 7.11 Å². The van der Waals surface area contributed by atoms with Gasteiger partial charge in [-0.1, -0.05) is 6.58 Å². The smallest absolute Gasteiger partial charge is 1.00 e. The van der Waals surface area contributed by atoms with Crippen molar-refractivity contribution in [2.75, 3.05) is 7.11 Å². The van der Waals surface area contributed by atoms with Crippen molar-refractivity contribution in [1.29, 1.82) is 0 Å². The summed E-state index contributed by atoms with van der Waals surface area (Å²) in [5.41, 5.74) is 0. The molecule has 0 amide bonds. The van der Waals surface area contributed by atoms with Crippen LogP contribution in [-0.2, 0) is 9.53 Å². The molecule has 0 aromatic carbocycles. The molecule has 0 aromatic heterocycles. The van der Waals surface area contributed by atoms with Crippen molar-refractivity contribution in [1.82, 2.24) is 0 Å². The molecule has 0 atom stereocenters. The molecule has 0 aliphatic carbocycles. The zero-order valence-electron chi connectivity index (χ0n) is 7.60. The number of methoxy groups -OCH3 is 1. The average molecular weight is 134 g/mol. The fourth-order valence-corrected chi connectivity index (χ4v) is 0.0833. The van der Waals surface area contributed by atoms with Crippen LogP contribution in [0.2, 0.25) is 0 Å². The first-order valence-corrected chi connectivity index (χ1v) is 1.51. The van der Waals surface area contributed by atoms with Crippen LogP contribution in [0.4, 0.5) is 0 Å². The molecule has 0 bridgehead atoms. The first-order chi connectivity index (χ1) is 2.81. The molecule has 0 rings (SSSR count). The maximum absolute atomic E-state index is 9.84. The molecule has 0 fully saturated rings. The Kier molecular flexibility index (Phi) is 22.3. The van der Waals surface area contributed by atoms with Gasteiger partial charge >= 0.3 is 65.1 Å². The van der Waals surface area contributed by atoms with Crippen molar-refractivity contribution in [3.63, 3.8) is 0 Å². The van der Waals surface area contributed by atoms with Crippen molar-refractivity contribution < 1.29 is 71.5 Å². The van der Waals surface area contributed by atoms with Gasteiger partial charge in [0.25, 0.3) is 0 Å². The maximum Gasteiger partial charge on any atom is 1.00 e. The van der Waals surface area contributed by atoms with E-state index in [0.29, 0.717) is 0 Å². The van der Waals surface area contributed by atoms with Gasteiger partial charge in [-0.3, -0.25) is 0 Å². The summed E-state index contributed by atoms with van der Waals surface area (Å²) >= 11 is 0. The minimum atomic E-state index is -0.394. The third-order valence-electron chi connectivity index (χ3n) is 0.368. The second kappa shape index (κ2) is 11.1. The van der Waals surface area contributed by atoms with E-state index in [4.69, 9.17) is 0 Å². The number of carbonyl (C=O) groups is 1. The molecular formula is C4H8Na2O2. The molecule has 0 radical (unpaired) electrons. The Hall–Kier alpha value is 1.21. The first kappa shape index (κ1) is 16.1. The normalized spacial score (nSPS) is 5.12. The van der Waals surface area contributed by atoms with E-state index in [1.807, 2.05) is 0 Å². The summed E-state index contributed by atoms with van der Waals surface area (Å²) in [7, 11) is 1.31. The van der Waals surface area contributed by atoms with Crippen LogP contribution < -0.4 is 59.1 Å². The molecule has 38 valence electrons. The number of esters is 1. The van der Waals surface area contributed by atoms with Crippen molar-refractivity contribution in [3.8, 4) is 0 Å². The SMILES string of the molecule is C=CC(=O)OC.[H-].[H-].[Na+].[Na+]. The summed E-state index contributed by atoms with van der Waals surface area (Å²) < 4.78 is 4.14. The van der Waals surface area contributed by atoms with E-state index in [0.717, 1.165) is 6.08 Å². The Morgan fingerprint density at radius 1 is 1.75 bits per heavy atom. The quantitative estimate of drug-likeness (QED) is 0.203. The molecule has 0 unspecified atom stereocenters. The fraction of sp³-hybridized carbons (Fsp3) is 0.250. The van der Waals surface area contributed by atoms with E-state index in [-0.39, 0.29) is 62.0 Å². The zero-order valence-corrected chi connectivity index (χ0v) is 9.60. The molecule has 0 spiro atoms. The van der Waals surface area contributed by atoms with E-state index in [1.54, 1.807) is 0 Å². The van der Waals surface area contributed by atoms with Gasteiger partial charge in [-0.25, -0.2) is 4.79 Å². The number of ether oxygens (including phenoxy) is 1. The van der Waals surface area contributed by atoms with Crippen LogP contribution in [0.1, 0.15) is 2.85 Å². The van der Waals surface area contributed by atoms with Crippen LogP contribution in [0, 0.1) is 0 Å². The monoisotopic (exact) mass is 134 g/mol. The van der Waals surface area contributed by atoms with E-state index >= 15 is 0 Å². The molecule has 4 heteroatoms. The molecule has 0 aliphatic heterocycles. The largest absolute Gasteiger partial charge is 1.00 e. The van der Waals surface area contributed by atoms with Gasteiger partial charge in [-0.2, -0.15) is 0 Å². The zero-order chi connectivity index (χ0) is 4.99.